The van der Waals surface area contributed by atoms with Gasteiger partial charge in [0.1, 0.15) is 16.4 Å². The summed E-state index contributed by atoms with van der Waals surface area (Å²) in [6.07, 6.45) is 5.41. The summed E-state index contributed by atoms with van der Waals surface area (Å²) in [5, 5.41) is 0.146. The summed E-state index contributed by atoms with van der Waals surface area (Å²) in [5.74, 6) is 0.560. The lowest BCUT2D eigenvalue weighted by Gasteiger charge is -2.42. The van der Waals surface area contributed by atoms with E-state index in [4.69, 9.17) is 32.1 Å². The van der Waals surface area contributed by atoms with Crippen LogP contribution in [0.15, 0.2) is 71.3 Å². The summed E-state index contributed by atoms with van der Waals surface area (Å²) in [7, 11) is -3.91. The van der Waals surface area contributed by atoms with E-state index in [1.807, 2.05) is 6.08 Å². The Labute approximate surface area is 160 Å². The Bertz CT molecular complexity index is 1110. The minimum Gasteiger partial charge on any atom is -0.461 e. The molecule has 1 spiro atoms. The number of hydrogen-bond donors (Lipinski definition) is 0. The summed E-state index contributed by atoms with van der Waals surface area (Å²) >= 11 is 12.4. The second-order valence-electron chi connectivity index (χ2n) is 6.39. The maximum atomic E-state index is 12.8. The fourth-order valence-corrected chi connectivity index (χ4v) is 5.73. The second-order valence-corrected chi connectivity index (χ2v) is 8.84. The van der Waals surface area contributed by atoms with E-state index in [0.29, 0.717) is 27.7 Å². The zero-order valence-electron chi connectivity index (χ0n) is 13.2. The molecular weight excluding hydrogens is 395 g/mol. The van der Waals surface area contributed by atoms with Gasteiger partial charge in [0.05, 0.1) is 11.3 Å². The van der Waals surface area contributed by atoms with Gasteiger partial charge in [-0.1, -0.05) is 48.0 Å². The molecule has 7 heteroatoms. The molecule has 2 aromatic carbocycles. The number of hydrogen-bond acceptors (Lipinski definition) is 4. The molecule has 0 radical (unpaired) electrons. The molecule has 3 aliphatic rings. The molecule has 0 bridgehead atoms. The zero-order valence-corrected chi connectivity index (χ0v) is 15.6. The van der Waals surface area contributed by atoms with Crippen LogP contribution < -0.4 is 4.74 Å². The van der Waals surface area contributed by atoms with Gasteiger partial charge in [0, 0.05) is 16.1 Å². The fourth-order valence-electron chi connectivity index (χ4n) is 3.91. The largest absolute Gasteiger partial charge is 0.461 e. The molecular formula is C19H12Cl2O4S. The predicted octanol–water partition coefficient (Wildman–Crippen LogP) is 4.37. The van der Waals surface area contributed by atoms with Crippen molar-refractivity contribution in [2.24, 2.45) is 5.92 Å². The standard InChI is InChI=1S/C19H12Cl2O4S/c20-11-5-7-13-16(9-11)24-17-10-12(21)6-8-14(17)19(13)15-3-1-2-4-18(15)26(22,23)25-19/h1-11,13H/t11?,13-,19?/m1/s1. The molecule has 0 saturated carbocycles. The number of allylic oxidation sites excluding steroid dienone is 2. The third-order valence-corrected chi connectivity index (χ3v) is 6.81. The van der Waals surface area contributed by atoms with Crippen LogP contribution in [0.4, 0.5) is 0 Å². The third-order valence-electron chi connectivity index (χ3n) is 4.92. The second kappa shape index (κ2) is 5.36. The van der Waals surface area contributed by atoms with Gasteiger partial charge in [-0.25, -0.2) is 4.18 Å². The van der Waals surface area contributed by atoms with Gasteiger partial charge in [-0.3, -0.25) is 0 Å². The van der Waals surface area contributed by atoms with Gasteiger partial charge in [-0.2, -0.15) is 8.42 Å². The minimum atomic E-state index is -3.91. The van der Waals surface area contributed by atoms with Crippen molar-refractivity contribution in [2.75, 3.05) is 0 Å². The van der Waals surface area contributed by atoms with Gasteiger partial charge >= 0.3 is 0 Å². The van der Waals surface area contributed by atoms with Crippen molar-refractivity contribution in [1.29, 1.82) is 0 Å². The summed E-state index contributed by atoms with van der Waals surface area (Å²) in [5.41, 5.74) is -0.0387. The van der Waals surface area contributed by atoms with Crippen LogP contribution in [-0.2, 0) is 19.9 Å². The molecule has 5 rings (SSSR count). The smallest absolute Gasteiger partial charge is 0.298 e. The average Bonchev–Trinajstić information content (AvgIpc) is 2.83. The SMILES string of the molecule is O=S1(=O)OC2(c3ccc(Cl)cc3OC3=CC(Cl)C=C[C@H]32)c2ccccc21. The molecule has 0 fully saturated rings. The third kappa shape index (κ3) is 2.09. The normalized spacial score (nSPS) is 30.2. The highest BCUT2D eigenvalue weighted by atomic mass is 35.5. The molecule has 2 unspecified atom stereocenters. The van der Waals surface area contributed by atoms with E-state index in [-0.39, 0.29) is 10.3 Å². The lowest BCUT2D eigenvalue weighted by atomic mass is 9.72. The van der Waals surface area contributed by atoms with E-state index in [2.05, 4.69) is 0 Å². The number of rotatable bonds is 0. The Balaban J connectivity index is 1.89. The Morgan fingerprint density at radius 2 is 1.85 bits per heavy atom. The van der Waals surface area contributed by atoms with E-state index >= 15 is 0 Å². The molecule has 2 aromatic rings. The highest BCUT2D eigenvalue weighted by Gasteiger charge is 2.59. The first-order valence-electron chi connectivity index (χ1n) is 7.99. The molecule has 0 N–H and O–H groups in total. The summed E-state index contributed by atoms with van der Waals surface area (Å²) in [6, 6.07) is 11.9. The van der Waals surface area contributed by atoms with Crippen molar-refractivity contribution in [3.05, 3.63) is 82.6 Å². The molecule has 1 aliphatic carbocycles. The van der Waals surface area contributed by atoms with E-state index in [1.165, 1.54) is 0 Å². The minimum absolute atomic E-state index is 0.170. The summed E-state index contributed by atoms with van der Waals surface area (Å²) in [4.78, 5) is 0.170. The molecule has 0 amide bonds. The van der Waals surface area contributed by atoms with Crippen LogP contribution >= 0.6 is 23.2 Å². The van der Waals surface area contributed by atoms with Crippen LogP contribution in [-0.4, -0.2) is 13.8 Å². The summed E-state index contributed by atoms with van der Waals surface area (Å²) in [6.45, 7) is 0. The fraction of sp³-hybridized carbons (Fsp3) is 0.158. The van der Waals surface area contributed by atoms with E-state index < -0.39 is 21.6 Å². The van der Waals surface area contributed by atoms with E-state index in [9.17, 15) is 8.42 Å². The maximum Gasteiger partial charge on any atom is 0.298 e. The maximum absolute atomic E-state index is 12.8. The Hall–Kier alpha value is -1.79. The van der Waals surface area contributed by atoms with Crippen molar-refractivity contribution in [3.8, 4) is 5.75 Å². The zero-order chi connectivity index (χ0) is 18.1. The van der Waals surface area contributed by atoms with Gasteiger partial charge in [-0.15, -0.1) is 11.6 Å². The number of fused-ring (bicyclic) bond motifs is 6. The topological polar surface area (TPSA) is 52.6 Å². The molecule has 4 nitrogen and oxygen atoms in total. The molecule has 2 aliphatic heterocycles. The van der Waals surface area contributed by atoms with Gasteiger partial charge < -0.3 is 4.74 Å². The lowest BCUT2D eigenvalue weighted by molar-refractivity contribution is 0.0634. The molecule has 132 valence electrons. The van der Waals surface area contributed by atoms with Crippen LogP contribution in [0.5, 0.6) is 5.75 Å². The molecule has 0 aromatic heterocycles. The van der Waals surface area contributed by atoms with E-state index in [0.717, 1.165) is 0 Å². The van der Waals surface area contributed by atoms with Crippen LogP contribution in [0.2, 0.25) is 5.02 Å². The quantitative estimate of drug-likeness (QED) is 0.370. The molecule has 3 atom stereocenters. The first-order chi connectivity index (χ1) is 12.4. The Morgan fingerprint density at radius 1 is 1.04 bits per heavy atom. The Morgan fingerprint density at radius 3 is 2.69 bits per heavy atom. The van der Waals surface area contributed by atoms with Crippen molar-refractivity contribution in [1.82, 2.24) is 0 Å². The first-order valence-corrected chi connectivity index (χ1v) is 10.2. The van der Waals surface area contributed by atoms with Crippen molar-refractivity contribution >= 4 is 33.3 Å². The Kier molecular flexibility index (Phi) is 3.38. The number of ether oxygens (including phenoxy) is 1. The van der Waals surface area contributed by atoms with Crippen molar-refractivity contribution in [3.63, 3.8) is 0 Å². The van der Waals surface area contributed by atoms with Crippen LogP contribution in [0.3, 0.4) is 0 Å². The van der Waals surface area contributed by atoms with Crippen molar-refractivity contribution in [2.45, 2.75) is 15.9 Å². The highest BCUT2D eigenvalue weighted by Crippen LogP contribution is 2.58. The number of halogens is 2. The van der Waals surface area contributed by atoms with Gasteiger partial charge in [0.2, 0.25) is 0 Å². The monoisotopic (exact) mass is 406 g/mol. The summed E-state index contributed by atoms with van der Waals surface area (Å²) < 4.78 is 37.4. The predicted molar refractivity (Wildman–Crippen MR) is 97.9 cm³/mol. The molecule has 2 heterocycles. The van der Waals surface area contributed by atoms with Crippen LogP contribution in [0.25, 0.3) is 0 Å². The molecule has 0 saturated heterocycles. The molecule has 26 heavy (non-hydrogen) atoms. The lowest BCUT2D eigenvalue weighted by Crippen LogP contribution is -2.42. The first kappa shape index (κ1) is 16.4. The number of benzene rings is 2. The van der Waals surface area contributed by atoms with Crippen LogP contribution in [0.1, 0.15) is 11.1 Å². The van der Waals surface area contributed by atoms with Gasteiger partial charge in [0.15, 0.2) is 5.60 Å². The highest BCUT2D eigenvalue weighted by molar-refractivity contribution is 7.87. The van der Waals surface area contributed by atoms with Gasteiger partial charge in [0.25, 0.3) is 10.1 Å². The van der Waals surface area contributed by atoms with E-state index in [1.54, 1.807) is 54.6 Å². The number of alkyl halides is 1. The van der Waals surface area contributed by atoms with Gasteiger partial charge in [-0.05, 0) is 24.3 Å². The average molecular weight is 407 g/mol. The van der Waals surface area contributed by atoms with Crippen molar-refractivity contribution < 1.29 is 17.3 Å². The van der Waals surface area contributed by atoms with Crippen LogP contribution in [0, 0.1) is 5.92 Å².